The van der Waals surface area contributed by atoms with E-state index in [0.29, 0.717) is 35.0 Å². The average molecular weight is 1600 g/mol. The number of nitrogens with one attached hydrogen (secondary N) is 8. The number of anilines is 1. The molecule has 7 amide bonds. The highest BCUT2D eigenvalue weighted by Crippen LogP contribution is 2.61. The summed E-state index contributed by atoms with van der Waals surface area (Å²) in [4.78, 5) is 165. The van der Waals surface area contributed by atoms with E-state index >= 15 is 0 Å². The number of phosphoric ester groups is 2. The van der Waals surface area contributed by atoms with Gasteiger partial charge in [-0.3, -0.25) is 52.2 Å². The molecular formula is C69H96N8O31P2. The zero-order chi connectivity index (χ0) is 81.8. The fourth-order valence-electron chi connectivity index (χ4n) is 11.9. The van der Waals surface area contributed by atoms with Crippen molar-refractivity contribution in [2.24, 2.45) is 5.92 Å². The van der Waals surface area contributed by atoms with Gasteiger partial charge in [0.25, 0.3) is 0 Å². The number of aromatic hydroxyl groups is 1. The summed E-state index contributed by atoms with van der Waals surface area (Å²) in [6.45, 7) is 9.61. The van der Waals surface area contributed by atoms with E-state index in [2.05, 4.69) is 46.8 Å². The number of ether oxygens (including phenoxy) is 4. The summed E-state index contributed by atoms with van der Waals surface area (Å²) < 4.78 is 71.5. The first-order valence-corrected chi connectivity index (χ1v) is 38.0. The zero-order valence-electron chi connectivity index (χ0n) is 61.5. The third-order valence-electron chi connectivity index (χ3n) is 17.6. The van der Waals surface area contributed by atoms with Crippen LogP contribution in [0.2, 0.25) is 0 Å². The van der Waals surface area contributed by atoms with E-state index in [4.69, 9.17) is 32.4 Å². The van der Waals surface area contributed by atoms with Crippen molar-refractivity contribution in [2.45, 2.75) is 211 Å². The summed E-state index contributed by atoms with van der Waals surface area (Å²) in [5, 5.41) is 103. The Morgan fingerprint density at radius 1 is 0.636 bits per heavy atom. The van der Waals surface area contributed by atoms with E-state index < -0.39 is 211 Å². The van der Waals surface area contributed by atoms with Gasteiger partial charge < -0.3 is 117 Å². The van der Waals surface area contributed by atoms with E-state index in [1.807, 2.05) is 26.8 Å². The molecule has 0 bridgehead atoms. The highest BCUT2D eigenvalue weighted by atomic mass is 31.3. The molecular weight excluding hydrogens is 1500 g/mol. The Balaban J connectivity index is 1.18. The number of unbranched alkanes of at least 4 members (excludes halogenated alkanes) is 1. The van der Waals surface area contributed by atoms with Crippen LogP contribution >= 0.6 is 15.6 Å². The summed E-state index contributed by atoms with van der Waals surface area (Å²) in [6.07, 6.45) is -15.4. The summed E-state index contributed by atoms with van der Waals surface area (Å²) in [6, 6.07) is 1.04. The number of hydrogen-bond donors (Lipinski definition) is 18. The summed E-state index contributed by atoms with van der Waals surface area (Å²) in [5.41, 5.74) is 1.82. The van der Waals surface area contributed by atoms with Crippen LogP contribution in [0.5, 0.6) is 5.75 Å². The summed E-state index contributed by atoms with van der Waals surface area (Å²) >= 11 is 0. The standard InChI is InChI=1S/C69H96N8O31P2/c1-32(2)14-12-15-33(3)25-27-101-109(97,98)108-110(99,100)107-69-56(75-39(9)81)60(59(51(31-79)105-69)106-68-55(74-38(8)80)58(86)57(85)50(30-78)104-68)102-37(7)63(89)71-35(5)62(88)77-47(67(95)96)23-24-52(84)76-46(64(90)72-34(4)61(87)73-36(6)65(91)92)17-10-11-26-70-45-18-13-16-44(66(93)94)54(45)53-42-21-19-40(82)28-48(42)103-49-29-41(83)20-22-43(49)53/h13-14,16,18-22,28-29,33-37,46-47,50-51,55-60,68-70,78-79,82,85-86H,10-12,15,17,23-27,30-31H2,1-9H3,(H,71,89)(H,72,90)(H,73,87)(H,74,80)(H,75,81)(H,76,84)(H,77,88)(H,91,92)(H,93,94)(H,95,96)(H,97,98)(H,99,100)/t33?,34-,35-,36-,37?,46-,47-,50+,51+,55+,56+,57+,58+,59+,60+,68-,69+/m0/s1. The fraction of sp³-hybridized carbons (Fsp3) is 0.551. The quantitative estimate of drug-likeness (QED) is 0.0129. The molecule has 41 heteroatoms. The lowest BCUT2D eigenvalue weighted by molar-refractivity contribution is -0.331. The van der Waals surface area contributed by atoms with Crippen molar-refractivity contribution in [2.75, 3.05) is 31.7 Å². The number of aliphatic hydroxyl groups is 4. The molecule has 3 aliphatic heterocycles. The van der Waals surface area contributed by atoms with Crippen LogP contribution in [0.3, 0.4) is 0 Å². The Hall–Kier alpha value is -8.89. The third kappa shape index (κ3) is 25.8. The van der Waals surface area contributed by atoms with Gasteiger partial charge in [0.15, 0.2) is 18.0 Å². The minimum atomic E-state index is -5.92. The van der Waals surface area contributed by atoms with Gasteiger partial charge in [-0.2, -0.15) is 4.31 Å². The molecule has 2 aromatic rings. The zero-order valence-corrected chi connectivity index (χ0v) is 63.3. The van der Waals surface area contributed by atoms with E-state index in [9.17, 15) is 113 Å². The van der Waals surface area contributed by atoms with Gasteiger partial charge in [-0.15, -0.1) is 0 Å². The van der Waals surface area contributed by atoms with Gasteiger partial charge in [0.1, 0.15) is 102 Å². The number of aliphatic carboxylic acids is 2. The number of phenols is 1. The van der Waals surface area contributed by atoms with E-state index in [1.54, 1.807) is 6.07 Å². The number of phenolic OH excluding ortho intramolecular Hbond substituents is 1. The highest BCUT2D eigenvalue weighted by Gasteiger charge is 2.55. The first-order valence-electron chi connectivity index (χ1n) is 35.0. The lowest BCUT2D eigenvalue weighted by Crippen LogP contribution is -2.70. The number of benzene rings is 3. The van der Waals surface area contributed by atoms with Crippen LogP contribution in [-0.4, -0.2) is 234 Å². The molecule has 608 valence electrons. The number of carboxylic acids is 3. The molecule has 3 heterocycles. The maximum Gasteiger partial charge on any atom is 0.483 e. The third-order valence-corrected chi connectivity index (χ3v) is 20.2. The minimum absolute atomic E-state index is 0.0591. The van der Waals surface area contributed by atoms with Gasteiger partial charge in [-0.1, -0.05) is 24.6 Å². The maximum atomic E-state index is 14.2. The molecule has 0 radical (unpaired) electrons. The van der Waals surface area contributed by atoms with Crippen molar-refractivity contribution in [1.82, 2.24) is 37.2 Å². The predicted molar refractivity (Wildman–Crippen MR) is 385 cm³/mol. The van der Waals surface area contributed by atoms with Crippen molar-refractivity contribution in [3.63, 3.8) is 0 Å². The Labute approximate surface area is 630 Å². The topological polar surface area (TPSA) is 598 Å². The normalized spacial score (nSPS) is 22.8. The molecule has 4 unspecified atom stereocenters. The minimum Gasteiger partial charge on any atom is -0.508 e. The molecule has 4 aliphatic rings. The Morgan fingerprint density at radius 2 is 1.27 bits per heavy atom. The van der Waals surface area contributed by atoms with E-state index in [1.165, 1.54) is 62.4 Å². The molecule has 19 atom stereocenters. The molecule has 2 saturated heterocycles. The van der Waals surface area contributed by atoms with Gasteiger partial charge >= 0.3 is 33.6 Å². The van der Waals surface area contributed by atoms with Gasteiger partial charge in [0, 0.05) is 66.7 Å². The lowest BCUT2D eigenvalue weighted by Gasteiger charge is -2.49. The summed E-state index contributed by atoms with van der Waals surface area (Å²) in [5.74, 6) is -11.6. The Kier molecular flexibility index (Phi) is 33.4. The summed E-state index contributed by atoms with van der Waals surface area (Å²) in [7, 11) is -11.4. The number of hydrogen-bond acceptors (Lipinski definition) is 27. The number of allylic oxidation sites excluding steroid dienone is 2. The first kappa shape index (κ1) is 90.0. The Morgan fingerprint density at radius 3 is 1.90 bits per heavy atom. The van der Waals surface area contributed by atoms with Crippen LogP contribution in [0.25, 0.3) is 33.4 Å². The number of aromatic carboxylic acids is 1. The molecule has 18 N–H and O–H groups in total. The predicted octanol–water partition coefficient (Wildman–Crippen LogP) is 1.33. The van der Waals surface area contributed by atoms with Crippen LogP contribution < -0.4 is 48.0 Å². The van der Waals surface area contributed by atoms with Gasteiger partial charge in [0.2, 0.25) is 41.4 Å². The largest absolute Gasteiger partial charge is 0.508 e. The number of aliphatic hydroxyl groups excluding tert-OH is 4. The van der Waals surface area contributed by atoms with Gasteiger partial charge in [0.05, 0.1) is 25.4 Å². The monoisotopic (exact) mass is 1590 g/mol. The maximum absolute atomic E-state index is 14.2. The molecule has 39 nitrogen and oxygen atoms in total. The number of phosphoric acid groups is 2. The molecule has 1 aliphatic carbocycles. The van der Waals surface area contributed by atoms with Crippen LogP contribution in [0, 0.1) is 5.92 Å². The lowest BCUT2D eigenvalue weighted by atomic mass is 9.89. The molecule has 0 aromatic heterocycles. The molecule has 2 fully saturated rings. The molecule has 0 saturated carbocycles. The van der Waals surface area contributed by atoms with Gasteiger partial charge in [-0.05, 0) is 129 Å². The second kappa shape index (κ2) is 40.9. The number of amides is 7. The van der Waals surface area contributed by atoms with Crippen molar-refractivity contribution in [3.05, 3.63) is 82.0 Å². The van der Waals surface area contributed by atoms with Crippen molar-refractivity contribution in [3.8, 4) is 28.2 Å². The van der Waals surface area contributed by atoms with Crippen molar-refractivity contribution >= 4 is 91.6 Å². The average Bonchev–Trinajstić information content (AvgIpc) is 0.752. The number of carbonyl (C=O) groups excluding carboxylic acids is 7. The second-order valence-electron chi connectivity index (χ2n) is 26.8. The number of carboxylic acid groups (broad SMARTS) is 3. The first-order chi connectivity index (χ1) is 51.6. The van der Waals surface area contributed by atoms with Crippen LogP contribution in [0.1, 0.15) is 124 Å². The smallest absolute Gasteiger partial charge is 0.483 e. The van der Waals surface area contributed by atoms with Crippen LogP contribution in [0.15, 0.2) is 75.5 Å². The highest BCUT2D eigenvalue weighted by molar-refractivity contribution is 7.61. The number of carbonyl (C=O) groups is 10. The van der Waals surface area contributed by atoms with E-state index in [0.717, 1.165) is 33.3 Å². The fourth-order valence-corrected chi connectivity index (χ4v) is 14.0. The molecule has 0 spiro atoms. The SMILES string of the molecule is CC(=O)N[C@H]1[C@H](O[C@H]2[C@H](OC(C)C(=O)N[C@@H](C)C(=O)N[C@@H](CCC(=O)N[C@@H](CCCCNc3cccc(C(=O)O)c3-c3c4ccc(=O)cc-4oc4cc(O)ccc34)C(=O)N[C@@H](C)C(=O)N[C@@H](C)C(=O)O)C(=O)O)[C@@H](NC(C)=O)[C@@H](OP(=O)(O)OP(=O)(O)OCCC(C)CCC=C(C)C)O[C@@H]2CO)O[C@H](CO)[C@@H](O)[C@@H]1O. The van der Waals surface area contributed by atoms with E-state index in [-0.39, 0.29) is 66.4 Å². The van der Waals surface area contributed by atoms with Crippen molar-refractivity contribution < 1.29 is 144 Å². The molecule has 110 heavy (non-hydrogen) atoms. The number of rotatable bonds is 41. The van der Waals surface area contributed by atoms with Crippen LogP contribution in [-0.2, 0) is 84.6 Å². The molecule has 2 aromatic carbocycles. The van der Waals surface area contributed by atoms with Gasteiger partial charge in [-0.25, -0.2) is 18.7 Å². The Bertz CT molecular complexity index is 4100. The number of fused-ring (bicyclic) bond motifs is 2. The molecule has 6 rings (SSSR count). The van der Waals surface area contributed by atoms with Crippen molar-refractivity contribution in [1.29, 1.82) is 0 Å². The van der Waals surface area contributed by atoms with Crippen LogP contribution in [0.4, 0.5) is 5.69 Å². The second-order valence-corrected chi connectivity index (χ2v) is 29.8.